The summed E-state index contributed by atoms with van der Waals surface area (Å²) in [6.07, 6.45) is 43.1. The SMILES string of the molecule is CCCCCCCCC(CCCCCC)OCC(=O)CCCCCCN(CCCCCCC(=O)SC(CCCCCC)CCCCCCCC)CCCN(CC)CC. The van der Waals surface area contributed by atoms with Crippen LogP contribution in [0.4, 0.5) is 0 Å². The fraction of sp³-hybridized carbons (Fsp3) is 0.962. The van der Waals surface area contributed by atoms with Gasteiger partial charge in [-0.15, -0.1) is 0 Å². The second-order valence-corrected chi connectivity index (χ2v) is 19.3. The molecule has 5 nitrogen and oxygen atoms in total. The van der Waals surface area contributed by atoms with Crippen molar-refractivity contribution in [3.8, 4) is 0 Å². The lowest BCUT2D eigenvalue weighted by Gasteiger charge is -2.24. The molecule has 0 amide bonds. The Labute approximate surface area is 368 Å². The van der Waals surface area contributed by atoms with Crippen LogP contribution < -0.4 is 0 Å². The van der Waals surface area contributed by atoms with Gasteiger partial charge in [0.2, 0.25) is 0 Å². The number of Topliss-reactive ketones (excluding diaryl/α,β-unsaturated/α-hetero) is 1. The molecule has 0 heterocycles. The van der Waals surface area contributed by atoms with Crippen LogP contribution >= 0.6 is 11.8 Å². The van der Waals surface area contributed by atoms with Gasteiger partial charge >= 0.3 is 0 Å². The zero-order valence-corrected chi connectivity index (χ0v) is 41.2. The number of ether oxygens (including phenoxy) is 1. The Bertz CT molecular complexity index is 852. The zero-order valence-electron chi connectivity index (χ0n) is 40.4. The van der Waals surface area contributed by atoms with Crippen molar-refractivity contribution in [2.75, 3.05) is 45.9 Å². The van der Waals surface area contributed by atoms with E-state index in [4.69, 9.17) is 4.74 Å². The molecule has 0 rings (SSSR count). The van der Waals surface area contributed by atoms with Crippen molar-refractivity contribution in [2.24, 2.45) is 0 Å². The van der Waals surface area contributed by atoms with E-state index in [1.54, 1.807) is 11.8 Å². The molecule has 0 N–H and O–H groups in total. The number of hydrogen-bond acceptors (Lipinski definition) is 6. The first-order chi connectivity index (χ1) is 28.4. The summed E-state index contributed by atoms with van der Waals surface area (Å²) in [6.45, 7) is 20.9. The molecule has 0 fully saturated rings. The fourth-order valence-corrected chi connectivity index (χ4v) is 9.57. The first-order valence-corrected chi connectivity index (χ1v) is 27.1. The van der Waals surface area contributed by atoms with Gasteiger partial charge in [-0.25, -0.2) is 0 Å². The van der Waals surface area contributed by atoms with Crippen molar-refractivity contribution >= 4 is 22.7 Å². The van der Waals surface area contributed by atoms with Crippen molar-refractivity contribution in [3.05, 3.63) is 0 Å². The predicted octanol–water partition coefficient (Wildman–Crippen LogP) is 15.9. The number of carbonyl (C=O) groups is 2. The van der Waals surface area contributed by atoms with Crippen molar-refractivity contribution in [1.29, 1.82) is 0 Å². The van der Waals surface area contributed by atoms with Gasteiger partial charge in [-0.05, 0) is 97.1 Å². The van der Waals surface area contributed by atoms with Crippen LogP contribution in [0.3, 0.4) is 0 Å². The minimum atomic E-state index is 0.267. The molecule has 0 aromatic rings. The van der Waals surface area contributed by atoms with E-state index in [-0.39, 0.29) is 6.10 Å². The van der Waals surface area contributed by atoms with Gasteiger partial charge in [-0.3, -0.25) is 9.59 Å². The Morgan fingerprint density at radius 3 is 1.29 bits per heavy atom. The van der Waals surface area contributed by atoms with E-state index in [2.05, 4.69) is 51.3 Å². The van der Waals surface area contributed by atoms with Gasteiger partial charge < -0.3 is 14.5 Å². The maximum absolute atomic E-state index is 13.0. The summed E-state index contributed by atoms with van der Waals surface area (Å²) in [5.41, 5.74) is 0. The molecule has 2 atom stereocenters. The van der Waals surface area contributed by atoms with E-state index in [0.29, 0.717) is 29.2 Å². The van der Waals surface area contributed by atoms with Crippen LogP contribution in [0.1, 0.15) is 266 Å². The fourth-order valence-electron chi connectivity index (χ4n) is 8.37. The second kappa shape index (κ2) is 46.1. The third-order valence-corrected chi connectivity index (χ3v) is 13.7. The zero-order chi connectivity index (χ0) is 42.6. The molecule has 2 unspecified atom stereocenters. The van der Waals surface area contributed by atoms with Crippen LogP contribution in [0.25, 0.3) is 0 Å². The van der Waals surface area contributed by atoms with Crippen molar-refractivity contribution in [2.45, 2.75) is 278 Å². The van der Waals surface area contributed by atoms with Crippen LogP contribution in [-0.2, 0) is 14.3 Å². The van der Waals surface area contributed by atoms with Crippen molar-refractivity contribution < 1.29 is 14.3 Å². The average Bonchev–Trinajstić information content (AvgIpc) is 3.22. The number of nitrogens with zero attached hydrogens (tertiary/aromatic N) is 2. The minimum Gasteiger partial charge on any atom is -0.370 e. The maximum Gasteiger partial charge on any atom is 0.189 e. The predicted molar refractivity (Wildman–Crippen MR) is 260 cm³/mol. The molecule has 58 heavy (non-hydrogen) atoms. The lowest BCUT2D eigenvalue weighted by Crippen LogP contribution is -2.31. The molecule has 0 aliphatic carbocycles. The van der Waals surface area contributed by atoms with Crippen molar-refractivity contribution in [1.82, 2.24) is 9.80 Å². The quantitative estimate of drug-likeness (QED) is 0.0569. The van der Waals surface area contributed by atoms with E-state index in [1.807, 2.05) is 0 Å². The molecule has 0 saturated carbocycles. The first kappa shape index (κ1) is 57.6. The summed E-state index contributed by atoms with van der Waals surface area (Å²) in [6, 6.07) is 0. The Morgan fingerprint density at radius 1 is 0.414 bits per heavy atom. The molecule has 0 aliphatic heterocycles. The van der Waals surface area contributed by atoms with Gasteiger partial charge in [-0.2, -0.15) is 0 Å². The molecule has 0 spiro atoms. The highest BCUT2D eigenvalue weighted by atomic mass is 32.2. The van der Waals surface area contributed by atoms with E-state index < -0.39 is 0 Å². The molecule has 6 heteroatoms. The van der Waals surface area contributed by atoms with E-state index in [9.17, 15) is 9.59 Å². The van der Waals surface area contributed by atoms with E-state index >= 15 is 0 Å². The van der Waals surface area contributed by atoms with Gasteiger partial charge in [0.1, 0.15) is 6.61 Å². The van der Waals surface area contributed by atoms with Gasteiger partial charge in [0.15, 0.2) is 10.9 Å². The molecule has 0 saturated heterocycles. The summed E-state index contributed by atoms with van der Waals surface area (Å²) in [5.74, 6) is 0.301. The Hall–Kier alpha value is -0.430. The Balaban J connectivity index is 4.55. The summed E-state index contributed by atoms with van der Waals surface area (Å²) in [5, 5.41) is 0.987. The van der Waals surface area contributed by atoms with E-state index in [1.165, 1.54) is 206 Å². The minimum absolute atomic E-state index is 0.267. The molecular weight excluding hydrogens is 733 g/mol. The maximum atomic E-state index is 13.0. The molecule has 0 bridgehead atoms. The molecule has 346 valence electrons. The van der Waals surface area contributed by atoms with E-state index in [0.717, 1.165) is 51.6 Å². The van der Waals surface area contributed by atoms with Crippen LogP contribution in [0.2, 0.25) is 0 Å². The lowest BCUT2D eigenvalue weighted by atomic mass is 10.0. The van der Waals surface area contributed by atoms with Gasteiger partial charge in [0, 0.05) is 18.1 Å². The Kier molecular flexibility index (Phi) is 45.7. The summed E-state index contributed by atoms with van der Waals surface area (Å²) >= 11 is 1.71. The average molecular weight is 837 g/mol. The summed E-state index contributed by atoms with van der Waals surface area (Å²) < 4.78 is 6.25. The van der Waals surface area contributed by atoms with Gasteiger partial charge in [0.25, 0.3) is 0 Å². The topological polar surface area (TPSA) is 49.9 Å². The lowest BCUT2D eigenvalue weighted by molar-refractivity contribution is -0.126. The second-order valence-electron chi connectivity index (χ2n) is 17.9. The summed E-state index contributed by atoms with van der Waals surface area (Å²) in [7, 11) is 0. The number of thioether (sulfide) groups is 1. The molecule has 0 aromatic carbocycles. The molecular formula is C52H104N2O3S. The van der Waals surface area contributed by atoms with Gasteiger partial charge in [-0.1, -0.05) is 207 Å². The number of hydrogen-bond donors (Lipinski definition) is 0. The third-order valence-electron chi connectivity index (χ3n) is 12.4. The monoisotopic (exact) mass is 837 g/mol. The molecule has 0 aliphatic rings. The highest BCUT2D eigenvalue weighted by molar-refractivity contribution is 8.14. The number of carbonyl (C=O) groups excluding carboxylic acids is 2. The number of rotatable bonds is 48. The molecule has 0 radical (unpaired) electrons. The Morgan fingerprint density at radius 2 is 0.793 bits per heavy atom. The molecule has 0 aromatic heterocycles. The first-order valence-electron chi connectivity index (χ1n) is 26.2. The van der Waals surface area contributed by atoms with Crippen molar-refractivity contribution in [3.63, 3.8) is 0 Å². The smallest absolute Gasteiger partial charge is 0.189 e. The number of ketones is 1. The number of unbranched alkanes of at least 4 members (excludes halogenated alkanes) is 22. The normalized spacial score (nSPS) is 12.9. The summed E-state index contributed by atoms with van der Waals surface area (Å²) in [4.78, 5) is 31.1. The van der Waals surface area contributed by atoms with Crippen LogP contribution in [0.15, 0.2) is 0 Å². The third kappa shape index (κ3) is 39.7. The van der Waals surface area contributed by atoms with Crippen LogP contribution in [0, 0.1) is 0 Å². The van der Waals surface area contributed by atoms with Gasteiger partial charge in [0.05, 0.1) is 6.10 Å². The highest BCUT2D eigenvalue weighted by Crippen LogP contribution is 2.27. The largest absolute Gasteiger partial charge is 0.370 e. The standard InChI is InChI=1S/C52H104N2O3S/c1-7-13-17-21-23-31-40-50(39-30-19-15-9-3)57-48-49(55)38-29-25-27-35-44-54(47-37-46-53(11-5)12-6)45-36-28-26-34-43-52(56)58-51(41-32-20-16-10-4)42-33-24-22-18-14-8-2/h50-51H,7-48H2,1-6H3. The highest BCUT2D eigenvalue weighted by Gasteiger charge is 2.15. The van der Waals surface area contributed by atoms with Crippen LogP contribution in [-0.4, -0.2) is 77.9 Å². The van der Waals surface area contributed by atoms with Crippen LogP contribution in [0.5, 0.6) is 0 Å².